The van der Waals surface area contributed by atoms with Crippen molar-refractivity contribution in [3.05, 3.63) is 64.1 Å². The Morgan fingerprint density at radius 1 is 1.00 bits per heavy atom. The molecular weight excluding hydrogens is 266 g/mol. The number of halogens is 1. The highest BCUT2D eigenvalue weighted by atomic mass is 79.9. The molecule has 0 fully saturated rings. The molecule has 0 aliphatic carbocycles. The van der Waals surface area contributed by atoms with E-state index in [4.69, 9.17) is 5.73 Å². The fourth-order valence-electron chi connectivity index (χ4n) is 1.57. The molecule has 82 valence electrons. The van der Waals surface area contributed by atoms with Crippen LogP contribution in [0.4, 0.5) is 0 Å². The highest BCUT2D eigenvalue weighted by molar-refractivity contribution is 9.10. The first kappa shape index (κ1) is 11.2. The quantitative estimate of drug-likeness (QED) is 0.886. The van der Waals surface area contributed by atoms with Crippen LogP contribution in [0.3, 0.4) is 0 Å². The van der Waals surface area contributed by atoms with Gasteiger partial charge in [0.1, 0.15) is 5.75 Å². The van der Waals surface area contributed by atoms with Gasteiger partial charge in [0, 0.05) is 0 Å². The first-order valence-electron chi connectivity index (χ1n) is 4.97. The summed E-state index contributed by atoms with van der Waals surface area (Å²) in [5, 5.41) is 9.41. The fourth-order valence-corrected chi connectivity index (χ4v) is 1.97. The van der Waals surface area contributed by atoms with E-state index in [1.165, 1.54) is 0 Å². The molecule has 0 aromatic heterocycles. The van der Waals surface area contributed by atoms with E-state index >= 15 is 0 Å². The molecule has 3 N–H and O–H groups in total. The second-order valence-corrected chi connectivity index (χ2v) is 4.45. The lowest BCUT2D eigenvalue weighted by Gasteiger charge is -2.13. The van der Waals surface area contributed by atoms with E-state index in [0.717, 1.165) is 11.1 Å². The van der Waals surface area contributed by atoms with Crippen LogP contribution in [0.25, 0.3) is 0 Å². The predicted molar refractivity (Wildman–Crippen MR) is 68.3 cm³/mol. The Bertz CT molecular complexity index is 485. The van der Waals surface area contributed by atoms with Crippen LogP contribution in [0, 0.1) is 0 Å². The molecule has 0 spiro atoms. The van der Waals surface area contributed by atoms with Gasteiger partial charge in [-0.2, -0.15) is 0 Å². The fraction of sp³-hybridized carbons (Fsp3) is 0.0769. The molecule has 2 rings (SSSR count). The van der Waals surface area contributed by atoms with Gasteiger partial charge in [-0.1, -0.05) is 36.4 Å². The summed E-state index contributed by atoms with van der Waals surface area (Å²) < 4.78 is 0.663. The molecule has 0 bridgehead atoms. The zero-order valence-electron chi connectivity index (χ0n) is 8.60. The van der Waals surface area contributed by atoms with Crippen LogP contribution >= 0.6 is 15.9 Å². The van der Waals surface area contributed by atoms with E-state index in [0.29, 0.717) is 4.47 Å². The molecule has 0 saturated carbocycles. The van der Waals surface area contributed by atoms with Crippen LogP contribution in [0.15, 0.2) is 53.0 Å². The third-order valence-corrected chi connectivity index (χ3v) is 3.12. The Labute approximate surface area is 103 Å². The summed E-state index contributed by atoms with van der Waals surface area (Å²) in [6.45, 7) is 0. The van der Waals surface area contributed by atoms with Crippen molar-refractivity contribution in [1.29, 1.82) is 0 Å². The van der Waals surface area contributed by atoms with Crippen molar-refractivity contribution in [2.45, 2.75) is 6.04 Å². The average Bonchev–Trinajstić information content (AvgIpc) is 2.33. The van der Waals surface area contributed by atoms with Crippen molar-refractivity contribution in [2.24, 2.45) is 5.73 Å². The van der Waals surface area contributed by atoms with Crippen LogP contribution < -0.4 is 5.73 Å². The van der Waals surface area contributed by atoms with Crippen LogP contribution in [0.5, 0.6) is 5.75 Å². The molecule has 2 aromatic carbocycles. The first-order chi connectivity index (χ1) is 7.68. The molecule has 0 amide bonds. The number of aromatic hydroxyl groups is 1. The molecule has 0 aliphatic rings. The monoisotopic (exact) mass is 277 g/mol. The van der Waals surface area contributed by atoms with Crippen molar-refractivity contribution in [2.75, 3.05) is 0 Å². The maximum atomic E-state index is 9.41. The van der Waals surface area contributed by atoms with Gasteiger partial charge < -0.3 is 10.8 Å². The van der Waals surface area contributed by atoms with Gasteiger partial charge in [0.25, 0.3) is 0 Å². The predicted octanol–water partition coefficient (Wildman–Crippen LogP) is 3.20. The molecular formula is C13H12BrNO. The van der Waals surface area contributed by atoms with Crippen LogP contribution in [-0.4, -0.2) is 5.11 Å². The maximum Gasteiger partial charge on any atom is 0.129 e. The summed E-state index contributed by atoms with van der Waals surface area (Å²) in [4.78, 5) is 0. The Morgan fingerprint density at radius 2 is 1.69 bits per heavy atom. The minimum absolute atomic E-state index is 0.168. The van der Waals surface area contributed by atoms with Crippen molar-refractivity contribution in [1.82, 2.24) is 0 Å². The Kier molecular flexibility index (Phi) is 3.27. The van der Waals surface area contributed by atoms with E-state index in [2.05, 4.69) is 15.9 Å². The summed E-state index contributed by atoms with van der Waals surface area (Å²) in [6, 6.07) is 15.0. The van der Waals surface area contributed by atoms with Gasteiger partial charge in [-0.25, -0.2) is 0 Å². The third-order valence-electron chi connectivity index (χ3n) is 2.49. The molecule has 1 unspecified atom stereocenters. The molecule has 0 aliphatic heterocycles. The summed E-state index contributed by atoms with van der Waals surface area (Å²) in [5.41, 5.74) is 8.16. The van der Waals surface area contributed by atoms with Gasteiger partial charge in [-0.15, -0.1) is 0 Å². The minimum atomic E-state index is -0.168. The largest absolute Gasteiger partial charge is 0.507 e. The number of rotatable bonds is 2. The van der Waals surface area contributed by atoms with Crippen LogP contribution in [0.1, 0.15) is 17.2 Å². The summed E-state index contributed by atoms with van der Waals surface area (Å²) in [7, 11) is 0. The average molecular weight is 278 g/mol. The highest BCUT2D eigenvalue weighted by Crippen LogP contribution is 2.28. The zero-order chi connectivity index (χ0) is 11.5. The normalized spacial score (nSPS) is 12.4. The Morgan fingerprint density at radius 3 is 2.31 bits per heavy atom. The van der Waals surface area contributed by atoms with Gasteiger partial charge in [0.2, 0.25) is 0 Å². The standard InChI is InChI=1S/C13H12BrNO/c14-11-8-10(6-7-12(11)16)13(15)9-4-2-1-3-5-9/h1-8,13,16H,15H2. The molecule has 2 aromatic rings. The molecule has 2 nitrogen and oxygen atoms in total. The highest BCUT2D eigenvalue weighted by Gasteiger charge is 2.09. The first-order valence-corrected chi connectivity index (χ1v) is 5.76. The van der Waals surface area contributed by atoms with Gasteiger partial charge >= 0.3 is 0 Å². The lowest BCUT2D eigenvalue weighted by atomic mass is 10.00. The van der Waals surface area contributed by atoms with Gasteiger partial charge in [0.05, 0.1) is 10.5 Å². The Balaban J connectivity index is 2.34. The topological polar surface area (TPSA) is 46.2 Å². The van der Waals surface area contributed by atoms with E-state index in [1.54, 1.807) is 6.07 Å². The van der Waals surface area contributed by atoms with Crippen molar-refractivity contribution in [3.63, 3.8) is 0 Å². The number of phenolic OH excluding ortho intramolecular Hbond substituents is 1. The maximum absolute atomic E-state index is 9.41. The van der Waals surface area contributed by atoms with Crippen LogP contribution in [-0.2, 0) is 0 Å². The summed E-state index contributed by atoms with van der Waals surface area (Å²) in [5.74, 6) is 0.226. The number of benzene rings is 2. The third kappa shape index (κ3) is 2.26. The second-order valence-electron chi connectivity index (χ2n) is 3.60. The van der Waals surface area contributed by atoms with E-state index in [-0.39, 0.29) is 11.8 Å². The van der Waals surface area contributed by atoms with Gasteiger partial charge in [-0.05, 0) is 39.2 Å². The van der Waals surface area contributed by atoms with Gasteiger partial charge in [0.15, 0.2) is 0 Å². The number of hydrogen-bond acceptors (Lipinski definition) is 2. The smallest absolute Gasteiger partial charge is 0.129 e. The van der Waals surface area contributed by atoms with Crippen molar-refractivity contribution < 1.29 is 5.11 Å². The van der Waals surface area contributed by atoms with Crippen molar-refractivity contribution >= 4 is 15.9 Å². The molecule has 0 heterocycles. The molecule has 16 heavy (non-hydrogen) atoms. The SMILES string of the molecule is NC(c1ccccc1)c1ccc(O)c(Br)c1. The second kappa shape index (κ2) is 4.68. The van der Waals surface area contributed by atoms with Gasteiger partial charge in [-0.3, -0.25) is 0 Å². The van der Waals surface area contributed by atoms with Crippen molar-refractivity contribution in [3.8, 4) is 5.75 Å². The summed E-state index contributed by atoms with van der Waals surface area (Å²) >= 11 is 3.28. The molecule has 0 saturated heterocycles. The Hall–Kier alpha value is -1.32. The summed E-state index contributed by atoms with van der Waals surface area (Å²) in [6.07, 6.45) is 0. The minimum Gasteiger partial charge on any atom is -0.507 e. The van der Waals surface area contributed by atoms with Crippen LogP contribution in [0.2, 0.25) is 0 Å². The van der Waals surface area contributed by atoms with E-state index < -0.39 is 0 Å². The number of hydrogen-bond donors (Lipinski definition) is 2. The number of nitrogens with two attached hydrogens (primary N) is 1. The number of phenols is 1. The van der Waals surface area contributed by atoms with E-state index in [1.807, 2.05) is 42.5 Å². The lowest BCUT2D eigenvalue weighted by molar-refractivity contribution is 0.471. The van der Waals surface area contributed by atoms with E-state index in [9.17, 15) is 5.11 Å². The lowest BCUT2D eigenvalue weighted by Crippen LogP contribution is -2.11. The molecule has 3 heteroatoms. The molecule has 0 radical (unpaired) electrons. The zero-order valence-corrected chi connectivity index (χ0v) is 10.2. The molecule has 1 atom stereocenters.